The fraction of sp³-hybridized carbons (Fsp3) is 0.556. The van der Waals surface area contributed by atoms with Crippen LogP contribution in [0.5, 0.6) is 0 Å². The van der Waals surface area contributed by atoms with Crippen molar-refractivity contribution in [3.05, 3.63) is 23.8 Å². The van der Waals surface area contributed by atoms with Gasteiger partial charge in [0.25, 0.3) is 0 Å². The summed E-state index contributed by atoms with van der Waals surface area (Å²) in [4.78, 5) is 21.6. The van der Waals surface area contributed by atoms with Crippen molar-refractivity contribution in [2.75, 3.05) is 31.1 Å². The van der Waals surface area contributed by atoms with Crippen molar-refractivity contribution in [1.82, 2.24) is 9.88 Å². The monoisotopic (exact) mass is 329 g/mol. The molecule has 2 saturated heterocycles. The van der Waals surface area contributed by atoms with Crippen molar-refractivity contribution in [1.29, 1.82) is 0 Å². The first-order valence-electron chi connectivity index (χ1n) is 8.51. The SMILES string of the molecule is Cc1ccc2nc(N3CC(C(=O)N4CCCC(C)C4)C3)sc2c1. The minimum absolute atomic E-state index is 0.161. The summed E-state index contributed by atoms with van der Waals surface area (Å²) in [5.74, 6) is 1.16. The molecule has 1 unspecified atom stereocenters. The van der Waals surface area contributed by atoms with Gasteiger partial charge < -0.3 is 9.80 Å². The Kier molecular flexibility index (Phi) is 3.76. The molecule has 2 aromatic rings. The molecule has 0 aliphatic carbocycles. The first kappa shape index (κ1) is 14.9. The largest absolute Gasteiger partial charge is 0.346 e. The van der Waals surface area contributed by atoms with Gasteiger partial charge in [-0.2, -0.15) is 0 Å². The maximum Gasteiger partial charge on any atom is 0.229 e. The summed E-state index contributed by atoms with van der Waals surface area (Å²) in [5.41, 5.74) is 2.33. The first-order valence-corrected chi connectivity index (χ1v) is 9.33. The molecule has 2 fully saturated rings. The van der Waals surface area contributed by atoms with E-state index in [4.69, 9.17) is 4.98 Å². The number of hydrogen-bond donors (Lipinski definition) is 0. The number of piperidine rings is 1. The maximum atomic E-state index is 12.6. The Morgan fingerprint density at radius 3 is 2.91 bits per heavy atom. The Labute approximate surface area is 141 Å². The van der Waals surface area contributed by atoms with Crippen LogP contribution in [-0.2, 0) is 4.79 Å². The molecule has 2 aliphatic rings. The van der Waals surface area contributed by atoms with Gasteiger partial charge in [0, 0.05) is 26.2 Å². The molecule has 4 nitrogen and oxygen atoms in total. The summed E-state index contributed by atoms with van der Waals surface area (Å²) in [7, 11) is 0. The van der Waals surface area contributed by atoms with Gasteiger partial charge in [0.15, 0.2) is 5.13 Å². The number of hydrogen-bond acceptors (Lipinski definition) is 4. The Morgan fingerprint density at radius 1 is 1.30 bits per heavy atom. The molecule has 23 heavy (non-hydrogen) atoms. The molecule has 0 N–H and O–H groups in total. The van der Waals surface area contributed by atoms with E-state index in [1.807, 2.05) is 0 Å². The average Bonchev–Trinajstić information content (AvgIpc) is 2.88. The maximum absolute atomic E-state index is 12.6. The van der Waals surface area contributed by atoms with E-state index in [0.29, 0.717) is 11.8 Å². The third-order valence-electron chi connectivity index (χ3n) is 5.00. The Balaban J connectivity index is 1.41. The molecule has 0 radical (unpaired) electrons. The molecule has 122 valence electrons. The normalized spacial score (nSPS) is 22.4. The third kappa shape index (κ3) is 2.82. The van der Waals surface area contributed by atoms with Crippen LogP contribution in [0, 0.1) is 18.8 Å². The van der Waals surface area contributed by atoms with Gasteiger partial charge in [0.1, 0.15) is 0 Å². The fourth-order valence-electron chi connectivity index (χ4n) is 3.59. The second kappa shape index (κ2) is 5.78. The van der Waals surface area contributed by atoms with Crippen molar-refractivity contribution in [3.8, 4) is 0 Å². The molecule has 4 rings (SSSR count). The van der Waals surface area contributed by atoms with Crippen molar-refractivity contribution in [2.24, 2.45) is 11.8 Å². The summed E-state index contributed by atoms with van der Waals surface area (Å²) in [5, 5.41) is 1.06. The lowest BCUT2D eigenvalue weighted by molar-refractivity contribution is -0.138. The highest BCUT2D eigenvalue weighted by molar-refractivity contribution is 7.22. The molecule has 1 atom stereocenters. The molecule has 1 amide bonds. The van der Waals surface area contributed by atoms with Crippen LogP contribution in [-0.4, -0.2) is 42.0 Å². The van der Waals surface area contributed by atoms with Crippen LogP contribution in [0.2, 0.25) is 0 Å². The number of likely N-dealkylation sites (tertiary alicyclic amines) is 1. The van der Waals surface area contributed by atoms with Crippen molar-refractivity contribution in [3.63, 3.8) is 0 Å². The number of carbonyl (C=O) groups is 1. The Bertz CT molecular complexity index is 735. The summed E-state index contributed by atoms with van der Waals surface area (Å²) >= 11 is 1.74. The molecule has 3 heterocycles. The topological polar surface area (TPSA) is 36.4 Å². The molecule has 5 heteroatoms. The smallest absolute Gasteiger partial charge is 0.229 e. The van der Waals surface area contributed by atoms with Crippen LogP contribution in [0.1, 0.15) is 25.3 Å². The number of thiazole rings is 1. The molecule has 1 aromatic heterocycles. The highest BCUT2D eigenvalue weighted by atomic mass is 32.1. The van der Waals surface area contributed by atoms with E-state index in [9.17, 15) is 4.79 Å². The highest BCUT2D eigenvalue weighted by Gasteiger charge is 2.37. The van der Waals surface area contributed by atoms with E-state index >= 15 is 0 Å². The van der Waals surface area contributed by atoms with E-state index < -0.39 is 0 Å². The standard InChI is InChI=1S/C18H23N3OS/c1-12-5-6-15-16(8-12)23-18(19-15)21-10-14(11-21)17(22)20-7-3-4-13(2)9-20/h5-6,8,13-14H,3-4,7,9-11H2,1-2H3. The second-order valence-corrected chi connectivity index (χ2v) is 8.11. The number of aryl methyl sites for hydroxylation is 1. The van der Waals surface area contributed by atoms with E-state index in [2.05, 4.69) is 41.8 Å². The average molecular weight is 329 g/mol. The molecule has 1 aromatic carbocycles. The van der Waals surface area contributed by atoms with Crippen LogP contribution >= 0.6 is 11.3 Å². The van der Waals surface area contributed by atoms with Gasteiger partial charge in [0.05, 0.1) is 16.1 Å². The molecular weight excluding hydrogens is 306 g/mol. The Morgan fingerprint density at radius 2 is 2.13 bits per heavy atom. The quantitative estimate of drug-likeness (QED) is 0.848. The number of amides is 1. The number of anilines is 1. The number of aromatic nitrogens is 1. The van der Waals surface area contributed by atoms with Crippen molar-refractivity contribution in [2.45, 2.75) is 26.7 Å². The highest BCUT2D eigenvalue weighted by Crippen LogP contribution is 2.34. The minimum Gasteiger partial charge on any atom is -0.346 e. The first-order chi connectivity index (χ1) is 11.1. The van der Waals surface area contributed by atoms with Crippen molar-refractivity contribution >= 4 is 32.6 Å². The predicted octanol–water partition coefficient (Wildman–Crippen LogP) is 3.30. The summed E-state index contributed by atoms with van der Waals surface area (Å²) < 4.78 is 1.24. The van der Waals surface area contributed by atoms with Gasteiger partial charge in [-0.3, -0.25) is 4.79 Å². The van der Waals surface area contributed by atoms with Gasteiger partial charge in [-0.15, -0.1) is 0 Å². The van der Waals surface area contributed by atoms with Crippen LogP contribution in [0.15, 0.2) is 18.2 Å². The molecule has 0 saturated carbocycles. The lowest BCUT2D eigenvalue weighted by atomic mass is 9.95. The second-order valence-electron chi connectivity index (χ2n) is 7.10. The number of benzene rings is 1. The molecular formula is C18H23N3OS. The molecule has 0 bridgehead atoms. The zero-order valence-corrected chi connectivity index (χ0v) is 14.6. The lowest BCUT2D eigenvalue weighted by Crippen LogP contribution is -2.56. The van der Waals surface area contributed by atoms with Crippen LogP contribution in [0.25, 0.3) is 10.2 Å². The summed E-state index contributed by atoms with van der Waals surface area (Å²) in [6, 6.07) is 6.38. The zero-order chi connectivity index (χ0) is 16.0. The Hall–Kier alpha value is -1.62. The van der Waals surface area contributed by atoms with Crippen molar-refractivity contribution < 1.29 is 4.79 Å². The fourth-order valence-corrected chi connectivity index (χ4v) is 4.68. The van der Waals surface area contributed by atoms with Gasteiger partial charge in [-0.1, -0.05) is 24.3 Å². The number of carbonyl (C=O) groups excluding carboxylic acids is 1. The van der Waals surface area contributed by atoms with E-state index in [0.717, 1.165) is 43.2 Å². The number of fused-ring (bicyclic) bond motifs is 1. The third-order valence-corrected chi connectivity index (χ3v) is 6.08. The van der Waals surface area contributed by atoms with Gasteiger partial charge in [0.2, 0.25) is 5.91 Å². The lowest BCUT2D eigenvalue weighted by Gasteiger charge is -2.42. The van der Waals surface area contributed by atoms with E-state index in [1.165, 1.54) is 16.7 Å². The molecule has 0 spiro atoms. The number of rotatable bonds is 2. The summed E-state index contributed by atoms with van der Waals surface area (Å²) in [6.45, 7) is 7.88. The zero-order valence-electron chi connectivity index (χ0n) is 13.8. The van der Waals surface area contributed by atoms with Gasteiger partial charge in [-0.25, -0.2) is 4.98 Å². The predicted molar refractivity (Wildman–Crippen MR) is 95.0 cm³/mol. The molecule has 2 aliphatic heterocycles. The van der Waals surface area contributed by atoms with Gasteiger partial charge >= 0.3 is 0 Å². The number of nitrogens with zero attached hydrogens (tertiary/aromatic N) is 3. The minimum atomic E-state index is 0.161. The van der Waals surface area contributed by atoms with Crippen LogP contribution in [0.3, 0.4) is 0 Å². The van der Waals surface area contributed by atoms with Crippen LogP contribution < -0.4 is 4.90 Å². The summed E-state index contributed by atoms with van der Waals surface area (Å²) in [6.07, 6.45) is 2.41. The van der Waals surface area contributed by atoms with E-state index in [1.54, 1.807) is 11.3 Å². The van der Waals surface area contributed by atoms with Crippen LogP contribution in [0.4, 0.5) is 5.13 Å². The van der Waals surface area contributed by atoms with E-state index in [-0.39, 0.29) is 5.92 Å². The van der Waals surface area contributed by atoms with Gasteiger partial charge in [-0.05, 0) is 43.4 Å².